The van der Waals surface area contributed by atoms with Crippen LogP contribution in [-0.2, 0) is 4.79 Å². The highest BCUT2D eigenvalue weighted by molar-refractivity contribution is 5.72. The van der Waals surface area contributed by atoms with E-state index >= 15 is 0 Å². The lowest BCUT2D eigenvalue weighted by molar-refractivity contribution is -0.134. The minimum atomic E-state index is -0.208. The zero-order valence-corrected chi connectivity index (χ0v) is 8.45. The summed E-state index contributed by atoms with van der Waals surface area (Å²) >= 11 is 0. The van der Waals surface area contributed by atoms with Gasteiger partial charge in [0.25, 0.3) is 0 Å². The average molecular weight is 194 g/mol. The van der Waals surface area contributed by atoms with E-state index in [4.69, 9.17) is 9.47 Å². The summed E-state index contributed by atoms with van der Waals surface area (Å²) in [5, 5.41) is 0. The molecule has 0 aliphatic rings. The summed E-state index contributed by atoms with van der Waals surface area (Å²) in [4.78, 5) is 11.1. The Hall–Kier alpha value is -1.51. The Morgan fingerprint density at radius 1 is 1.36 bits per heavy atom. The van der Waals surface area contributed by atoms with Crippen molar-refractivity contribution in [2.75, 3.05) is 7.11 Å². The van der Waals surface area contributed by atoms with Crippen LogP contribution >= 0.6 is 0 Å². The summed E-state index contributed by atoms with van der Waals surface area (Å²) in [5.41, 5.74) is 0. The van der Waals surface area contributed by atoms with Crippen LogP contribution in [0.3, 0.4) is 0 Å². The lowest BCUT2D eigenvalue weighted by atomic mass is 10.3. The van der Waals surface area contributed by atoms with Crippen molar-refractivity contribution in [3.8, 4) is 11.5 Å². The molecule has 0 aliphatic carbocycles. The summed E-state index contributed by atoms with van der Waals surface area (Å²) in [6.45, 7) is 1.94. The summed E-state index contributed by atoms with van der Waals surface area (Å²) in [7, 11) is 1.58. The molecule has 0 aliphatic heterocycles. The largest absolute Gasteiger partial charge is 0.497 e. The van der Waals surface area contributed by atoms with Crippen molar-refractivity contribution in [2.24, 2.45) is 0 Å². The van der Waals surface area contributed by atoms with Crippen LogP contribution in [0.4, 0.5) is 0 Å². The maximum atomic E-state index is 11.1. The van der Waals surface area contributed by atoms with Gasteiger partial charge in [-0.1, -0.05) is 13.0 Å². The zero-order chi connectivity index (χ0) is 10.4. The lowest BCUT2D eigenvalue weighted by Gasteiger charge is -2.04. The highest BCUT2D eigenvalue weighted by Gasteiger charge is 2.03. The number of hydrogen-bond donors (Lipinski definition) is 0. The van der Waals surface area contributed by atoms with E-state index in [1.54, 1.807) is 31.4 Å². The standard InChI is InChI=1S/C11H14O3/c1-3-5-11(12)14-10-7-4-6-9(8-10)13-2/h4,6-8H,3,5H2,1-2H3. The Labute approximate surface area is 83.6 Å². The van der Waals surface area contributed by atoms with Crippen molar-refractivity contribution < 1.29 is 14.3 Å². The van der Waals surface area contributed by atoms with Crippen molar-refractivity contribution in [3.05, 3.63) is 24.3 Å². The molecule has 1 aromatic carbocycles. The molecule has 0 aromatic heterocycles. The number of methoxy groups -OCH3 is 1. The molecule has 0 saturated heterocycles. The van der Waals surface area contributed by atoms with Crippen molar-refractivity contribution >= 4 is 5.97 Å². The van der Waals surface area contributed by atoms with Crippen molar-refractivity contribution in [3.63, 3.8) is 0 Å². The maximum Gasteiger partial charge on any atom is 0.311 e. The van der Waals surface area contributed by atoms with E-state index in [1.807, 2.05) is 6.92 Å². The van der Waals surface area contributed by atoms with Gasteiger partial charge < -0.3 is 9.47 Å². The first kappa shape index (κ1) is 10.6. The van der Waals surface area contributed by atoms with Gasteiger partial charge in [0.1, 0.15) is 11.5 Å². The molecule has 0 atom stereocenters. The smallest absolute Gasteiger partial charge is 0.311 e. The van der Waals surface area contributed by atoms with Crippen LogP contribution in [0.1, 0.15) is 19.8 Å². The van der Waals surface area contributed by atoms with Gasteiger partial charge in [-0.05, 0) is 18.6 Å². The Kier molecular flexibility index (Phi) is 3.98. The first-order valence-electron chi connectivity index (χ1n) is 4.61. The van der Waals surface area contributed by atoms with Crippen molar-refractivity contribution in [1.82, 2.24) is 0 Å². The third-order valence-electron chi connectivity index (χ3n) is 1.73. The van der Waals surface area contributed by atoms with Gasteiger partial charge in [0.2, 0.25) is 0 Å². The fraction of sp³-hybridized carbons (Fsp3) is 0.364. The van der Waals surface area contributed by atoms with E-state index < -0.39 is 0 Å². The molecule has 1 aromatic rings. The van der Waals surface area contributed by atoms with Gasteiger partial charge in [0.05, 0.1) is 7.11 Å². The first-order valence-corrected chi connectivity index (χ1v) is 4.61. The van der Waals surface area contributed by atoms with E-state index in [0.29, 0.717) is 17.9 Å². The first-order chi connectivity index (χ1) is 6.76. The third-order valence-corrected chi connectivity index (χ3v) is 1.73. The molecule has 0 saturated carbocycles. The quantitative estimate of drug-likeness (QED) is 0.545. The molecule has 0 amide bonds. The van der Waals surface area contributed by atoms with Crippen molar-refractivity contribution in [1.29, 1.82) is 0 Å². The van der Waals surface area contributed by atoms with Gasteiger partial charge in [0, 0.05) is 12.5 Å². The van der Waals surface area contributed by atoms with Crippen LogP contribution in [0.15, 0.2) is 24.3 Å². The number of ether oxygens (including phenoxy) is 2. The minimum Gasteiger partial charge on any atom is -0.497 e. The summed E-state index contributed by atoms with van der Waals surface area (Å²) in [6.07, 6.45) is 1.24. The van der Waals surface area contributed by atoms with Crippen LogP contribution in [-0.4, -0.2) is 13.1 Å². The molecule has 0 heterocycles. The second-order valence-corrected chi connectivity index (χ2v) is 2.90. The number of carbonyl (C=O) groups excluding carboxylic acids is 1. The van der Waals surface area contributed by atoms with Gasteiger partial charge in [-0.25, -0.2) is 0 Å². The fourth-order valence-corrected chi connectivity index (χ4v) is 1.05. The molecule has 0 bridgehead atoms. The van der Waals surface area contributed by atoms with Crippen LogP contribution < -0.4 is 9.47 Å². The molecule has 3 nitrogen and oxygen atoms in total. The fourth-order valence-electron chi connectivity index (χ4n) is 1.05. The Balaban J connectivity index is 2.62. The number of benzene rings is 1. The molecule has 0 fully saturated rings. The Morgan fingerprint density at radius 3 is 2.71 bits per heavy atom. The molecule has 0 unspecified atom stereocenters. The van der Waals surface area contributed by atoms with Gasteiger partial charge in [-0.15, -0.1) is 0 Å². The molecule has 1 rings (SSSR count). The van der Waals surface area contributed by atoms with E-state index in [9.17, 15) is 4.79 Å². The number of rotatable bonds is 4. The summed E-state index contributed by atoms with van der Waals surface area (Å²) < 4.78 is 10.1. The van der Waals surface area contributed by atoms with Crippen LogP contribution in [0.25, 0.3) is 0 Å². The molecule has 14 heavy (non-hydrogen) atoms. The average Bonchev–Trinajstić information content (AvgIpc) is 2.18. The Morgan fingerprint density at radius 2 is 2.07 bits per heavy atom. The Bertz CT molecular complexity index is 307. The summed E-state index contributed by atoms with van der Waals surface area (Å²) in [5.74, 6) is 1.01. The predicted octanol–water partition coefficient (Wildman–Crippen LogP) is 2.40. The van der Waals surface area contributed by atoms with E-state index in [0.717, 1.165) is 6.42 Å². The van der Waals surface area contributed by atoms with Crippen LogP contribution in [0, 0.1) is 0 Å². The number of hydrogen-bond acceptors (Lipinski definition) is 3. The molecule has 0 radical (unpaired) electrons. The maximum absolute atomic E-state index is 11.1. The summed E-state index contributed by atoms with van der Waals surface area (Å²) in [6, 6.07) is 7.01. The predicted molar refractivity (Wildman–Crippen MR) is 53.5 cm³/mol. The van der Waals surface area contributed by atoms with Gasteiger partial charge in [-0.2, -0.15) is 0 Å². The van der Waals surface area contributed by atoms with Crippen LogP contribution in [0.5, 0.6) is 11.5 Å². The zero-order valence-electron chi connectivity index (χ0n) is 8.45. The second kappa shape index (κ2) is 5.27. The van der Waals surface area contributed by atoms with E-state index in [2.05, 4.69) is 0 Å². The van der Waals surface area contributed by atoms with Gasteiger partial charge in [0.15, 0.2) is 0 Å². The molecule has 0 spiro atoms. The van der Waals surface area contributed by atoms with Crippen LogP contribution in [0.2, 0.25) is 0 Å². The van der Waals surface area contributed by atoms with Gasteiger partial charge in [-0.3, -0.25) is 4.79 Å². The third kappa shape index (κ3) is 3.09. The van der Waals surface area contributed by atoms with E-state index in [-0.39, 0.29) is 5.97 Å². The molecular weight excluding hydrogens is 180 g/mol. The lowest BCUT2D eigenvalue weighted by Crippen LogP contribution is -2.06. The topological polar surface area (TPSA) is 35.5 Å². The highest BCUT2D eigenvalue weighted by atomic mass is 16.5. The number of esters is 1. The molecule has 0 N–H and O–H groups in total. The van der Waals surface area contributed by atoms with Crippen molar-refractivity contribution in [2.45, 2.75) is 19.8 Å². The second-order valence-electron chi connectivity index (χ2n) is 2.90. The normalized spacial score (nSPS) is 9.57. The highest BCUT2D eigenvalue weighted by Crippen LogP contribution is 2.19. The molecular formula is C11H14O3. The van der Waals surface area contributed by atoms with Gasteiger partial charge >= 0.3 is 5.97 Å². The number of carbonyl (C=O) groups is 1. The SMILES string of the molecule is CCCC(=O)Oc1cccc(OC)c1. The molecule has 76 valence electrons. The monoisotopic (exact) mass is 194 g/mol. The minimum absolute atomic E-state index is 0.208. The van der Waals surface area contributed by atoms with E-state index in [1.165, 1.54) is 0 Å². The molecule has 3 heteroatoms.